The van der Waals surface area contributed by atoms with E-state index in [4.69, 9.17) is 11.6 Å². The maximum Gasteiger partial charge on any atom is 0.317 e. The zero-order valence-electron chi connectivity index (χ0n) is 16.1. The topological polar surface area (TPSA) is 61.4 Å². The first-order valence-corrected chi connectivity index (χ1v) is 10.1. The fraction of sp³-hybridized carbons (Fsp3) is 0.364. The van der Waals surface area contributed by atoms with Gasteiger partial charge in [-0.3, -0.25) is 4.79 Å². The zero-order valence-corrected chi connectivity index (χ0v) is 16.8. The van der Waals surface area contributed by atoms with E-state index in [0.29, 0.717) is 30.2 Å². The van der Waals surface area contributed by atoms with E-state index >= 15 is 0 Å². The lowest BCUT2D eigenvalue weighted by Gasteiger charge is -2.33. The summed E-state index contributed by atoms with van der Waals surface area (Å²) in [5.74, 6) is 0.134. The van der Waals surface area contributed by atoms with Crippen LogP contribution in [0.5, 0.6) is 0 Å². The molecule has 1 aliphatic rings. The molecular weight excluding hydrogens is 374 g/mol. The number of likely N-dealkylation sites (tertiary alicyclic amines) is 1. The predicted octanol–water partition coefficient (Wildman–Crippen LogP) is 4.18. The van der Waals surface area contributed by atoms with Gasteiger partial charge in [-0.15, -0.1) is 0 Å². The van der Waals surface area contributed by atoms with Gasteiger partial charge >= 0.3 is 6.03 Å². The van der Waals surface area contributed by atoms with Crippen molar-refractivity contribution < 1.29 is 9.59 Å². The second-order valence-electron chi connectivity index (χ2n) is 7.06. The summed E-state index contributed by atoms with van der Waals surface area (Å²) < 4.78 is 0. The Morgan fingerprint density at radius 1 is 1.14 bits per heavy atom. The highest BCUT2D eigenvalue weighted by atomic mass is 35.5. The van der Waals surface area contributed by atoms with Crippen LogP contribution in [0.15, 0.2) is 48.5 Å². The first-order valence-electron chi connectivity index (χ1n) is 9.72. The van der Waals surface area contributed by atoms with Crippen LogP contribution in [0.25, 0.3) is 0 Å². The maximum atomic E-state index is 12.6. The van der Waals surface area contributed by atoms with E-state index in [1.165, 1.54) is 0 Å². The largest absolute Gasteiger partial charge is 0.348 e. The molecule has 3 rings (SSSR count). The molecule has 0 unspecified atom stereocenters. The molecule has 1 saturated heterocycles. The van der Waals surface area contributed by atoms with Crippen LogP contribution in [-0.2, 0) is 6.54 Å². The van der Waals surface area contributed by atoms with Crippen LogP contribution in [-0.4, -0.2) is 36.5 Å². The van der Waals surface area contributed by atoms with Crippen LogP contribution >= 0.6 is 11.6 Å². The molecule has 0 bridgehead atoms. The molecule has 3 amide bonds. The van der Waals surface area contributed by atoms with Gasteiger partial charge in [0.1, 0.15) is 0 Å². The Kier molecular flexibility index (Phi) is 6.93. The number of carbonyl (C=O) groups excluding carboxylic acids is 2. The van der Waals surface area contributed by atoms with Crippen LogP contribution < -0.4 is 10.6 Å². The van der Waals surface area contributed by atoms with E-state index in [-0.39, 0.29) is 17.9 Å². The van der Waals surface area contributed by atoms with E-state index in [2.05, 4.69) is 10.6 Å². The molecular formula is C22H26ClN3O2. The highest BCUT2D eigenvalue weighted by molar-refractivity contribution is 6.30. The average molecular weight is 400 g/mol. The number of nitrogens with one attached hydrogen (secondary N) is 2. The Morgan fingerprint density at radius 3 is 2.75 bits per heavy atom. The molecule has 1 atom stereocenters. The number of hydrogen-bond acceptors (Lipinski definition) is 2. The Morgan fingerprint density at radius 2 is 1.96 bits per heavy atom. The van der Waals surface area contributed by atoms with Crippen molar-refractivity contribution in [3.05, 3.63) is 70.2 Å². The lowest BCUT2D eigenvalue weighted by atomic mass is 9.89. The molecule has 1 heterocycles. The molecule has 0 aliphatic carbocycles. The molecule has 6 heteroatoms. The van der Waals surface area contributed by atoms with Gasteiger partial charge in [-0.25, -0.2) is 4.79 Å². The summed E-state index contributed by atoms with van der Waals surface area (Å²) in [7, 11) is 0. The van der Waals surface area contributed by atoms with Gasteiger partial charge in [0.05, 0.1) is 0 Å². The monoisotopic (exact) mass is 399 g/mol. The van der Waals surface area contributed by atoms with Gasteiger partial charge in [-0.2, -0.15) is 0 Å². The van der Waals surface area contributed by atoms with Gasteiger partial charge in [0.15, 0.2) is 0 Å². The van der Waals surface area contributed by atoms with Gasteiger partial charge in [-0.1, -0.05) is 35.9 Å². The number of amides is 3. The summed E-state index contributed by atoms with van der Waals surface area (Å²) in [6.45, 7) is 4.44. The molecule has 148 valence electrons. The molecule has 2 N–H and O–H groups in total. The standard InChI is InChI=1S/C22H26ClN3O2/c1-2-24-22(28)26-11-5-9-19(15-26)17-7-4-8-18(13-17)21(27)25-14-16-6-3-10-20(23)12-16/h3-4,6-8,10,12-13,19H,2,5,9,11,14-15H2,1H3,(H,24,28)(H,25,27)/t19-/m0/s1. The van der Waals surface area contributed by atoms with E-state index in [1.807, 2.05) is 60.4 Å². The Balaban J connectivity index is 1.64. The minimum Gasteiger partial charge on any atom is -0.348 e. The van der Waals surface area contributed by atoms with Crippen molar-refractivity contribution >= 4 is 23.5 Å². The van der Waals surface area contributed by atoms with Crippen LogP contribution in [0.3, 0.4) is 0 Å². The number of piperidine rings is 1. The highest BCUT2D eigenvalue weighted by Crippen LogP contribution is 2.27. The van der Waals surface area contributed by atoms with E-state index in [1.54, 1.807) is 0 Å². The normalized spacial score (nSPS) is 16.5. The number of hydrogen-bond donors (Lipinski definition) is 2. The maximum absolute atomic E-state index is 12.6. The first-order chi connectivity index (χ1) is 13.6. The predicted molar refractivity (Wildman–Crippen MR) is 112 cm³/mol. The molecule has 5 nitrogen and oxygen atoms in total. The number of nitrogens with zero attached hydrogens (tertiary/aromatic N) is 1. The van der Waals surface area contributed by atoms with Crippen LogP contribution in [0.1, 0.15) is 47.2 Å². The van der Waals surface area contributed by atoms with E-state index in [0.717, 1.165) is 30.5 Å². The SMILES string of the molecule is CCNC(=O)N1CCC[C@H](c2cccc(C(=O)NCc3cccc(Cl)c3)c2)C1. The summed E-state index contributed by atoms with van der Waals surface area (Å²) in [5, 5.41) is 6.47. The number of halogens is 1. The first kappa shape index (κ1) is 20.2. The van der Waals surface area contributed by atoms with Crippen LogP contribution in [0, 0.1) is 0 Å². The van der Waals surface area contributed by atoms with Crippen molar-refractivity contribution in [3.63, 3.8) is 0 Å². The van der Waals surface area contributed by atoms with Gasteiger partial charge < -0.3 is 15.5 Å². The van der Waals surface area contributed by atoms with Gasteiger partial charge in [0.2, 0.25) is 0 Å². The third kappa shape index (κ3) is 5.26. The smallest absolute Gasteiger partial charge is 0.317 e. The van der Waals surface area contributed by atoms with Crippen molar-refractivity contribution in [1.29, 1.82) is 0 Å². The Hall–Kier alpha value is -2.53. The summed E-state index contributed by atoms with van der Waals surface area (Å²) in [5.41, 5.74) is 2.70. The molecule has 28 heavy (non-hydrogen) atoms. The van der Waals surface area contributed by atoms with Crippen molar-refractivity contribution in [2.45, 2.75) is 32.2 Å². The average Bonchev–Trinajstić information content (AvgIpc) is 2.72. The number of benzene rings is 2. The minimum atomic E-state index is -0.113. The third-order valence-electron chi connectivity index (χ3n) is 5.00. The fourth-order valence-electron chi connectivity index (χ4n) is 3.56. The summed E-state index contributed by atoms with van der Waals surface area (Å²) in [4.78, 5) is 26.6. The van der Waals surface area contributed by atoms with Crippen molar-refractivity contribution in [2.75, 3.05) is 19.6 Å². The zero-order chi connectivity index (χ0) is 19.9. The summed E-state index contributed by atoms with van der Waals surface area (Å²) in [6.07, 6.45) is 1.98. The van der Waals surface area contributed by atoms with Crippen LogP contribution in [0.4, 0.5) is 4.79 Å². The van der Waals surface area contributed by atoms with Gasteiger partial charge in [0, 0.05) is 42.7 Å². The molecule has 0 saturated carbocycles. The molecule has 2 aromatic rings. The van der Waals surface area contributed by atoms with Gasteiger partial charge in [-0.05, 0) is 55.2 Å². The van der Waals surface area contributed by atoms with Crippen molar-refractivity contribution in [2.24, 2.45) is 0 Å². The Bertz CT molecular complexity index is 840. The second kappa shape index (κ2) is 9.60. The second-order valence-corrected chi connectivity index (χ2v) is 7.50. The molecule has 0 spiro atoms. The van der Waals surface area contributed by atoms with Gasteiger partial charge in [0.25, 0.3) is 5.91 Å². The summed E-state index contributed by atoms with van der Waals surface area (Å²) in [6, 6.07) is 15.2. The van der Waals surface area contributed by atoms with Crippen LogP contribution in [0.2, 0.25) is 5.02 Å². The molecule has 1 aliphatic heterocycles. The fourth-order valence-corrected chi connectivity index (χ4v) is 3.77. The Labute approximate surface area is 171 Å². The minimum absolute atomic E-state index is 0.0115. The third-order valence-corrected chi connectivity index (χ3v) is 5.23. The molecule has 2 aromatic carbocycles. The van der Waals surface area contributed by atoms with E-state index < -0.39 is 0 Å². The molecule has 1 fully saturated rings. The lowest BCUT2D eigenvalue weighted by Crippen LogP contribution is -2.44. The van der Waals surface area contributed by atoms with Crippen molar-refractivity contribution in [1.82, 2.24) is 15.5 Å². The number of urea groups is 1. The van der Waals surface area contributed by atoms with Crippen molar-refractivity contribution in [3.8, 4) is 0 Å². The summed E-state index contributed by atoms with van der Waals surface area (Å²) >= 11 is 5.99. The number of carbonyl (C=O) groups is 2. The number of rotatable bonds is 5. The quantitative estimate of drug-likeness (QED) is 0.792. The molecule has 0 aromatic heterocycles. The van der Waals surface area contributed by atoms with E-state index in [9.17, 15) is 9.59 Å². The lowest BCUT2D eigenvalue weighted by molar-refractivity contribution is 0.0950. The highest BCUT2D eigenvalue weighted by Gasteiger charge is 2.24. The molecule has 0 radical (unpaired) electrons.